The van der Waals surface area contributed by atoms with Gasteiger partial charge in [-0.25, -0.2) is 4.99 Å². The molecule has 0 N–H and O–H groups in total. The second-order valence-corrected chi connectivity index (χ2v) is 11.0. The van der Waals surface area contributed by atoms with Crippen molar-refractivity contribution in [2.24, 2.45) is 28.2 Å². The van der Waals surface area contributed by atoms with E-state index in [-0.39, 0.29) is 6.04 Å². The molecule has 4 aliphatic carbocycles. The monoisotopic (exact) mass is 405 g/mol. The van der Waals surface area contributed by atoms with Crippen LogP contribution in [0.3, 0.4) is 0 Å². The van der Waals surface area contributed by atoms with Crippen molar-refractivity contribution >= 4 is 11.6 Å². The van der Waals surface area contributed by atoms with Crippen LogP contribution in [-0.4, -0.2) is 36.7 Å². The van der Waals surface area contributed by atoms with Crippen LogP contribution in [0.2, 0.25) is 0 Å². The first-order valence-corrected chi connectivity index (χ1v) is 12.0. The molecule has 0 unspecified atom stereocenters. The molecule has 2 heterocycles. The first kappa shape index (κ1) is 18.8. The van der Waals surface area contributed by atoms with Gasteiger partial charge in [-0.2, -0.15) is 0 Å². The average molecular weight is 406 g/mol. The number of nitrogens with zero attached hydrogens (tertiary/aromatic N) is 3. The van der Waals surface area contributed by atoms with Gasteiger partial charge in [0.05, 0.1) is 6.67 Å². The highest BCUT2D eigenvalue weighted by Crippen LogP contribution is 2.61. The minimum absolute atomic E-state index is 0.276. The third-order valence-corrected chi connectivity index (χ3v) is 8.36. The molecule has 0 spiro atoms. The summed E-state index contributed by atoms with van der Waals surface area (Å²) in [6.45, 7) is 9.24. The smallest absolute Gasteiger partial charge is 0.190 e. The standard InChI is InChI=1S/C26H35N3O/c1-17-6-18(2)24(19(3)7-17)29-5-4-28(16-29)14-23-15-30-25(27-23)26-11-20-8-21(12-26)10-22(9-20)13-26/h4-7,20-23H,8-16H2,1-3H3/t20?,21?,22?,23-,26?/m1/s1. The van der Waals surface area contributed by atoms with Crippen LogP contribution in [0.15, 0.2) is 29.5 Å². The maximum atomic E-state index is 6.31. The largest absolute Gasteiger partial charge is 0.478 e. The lowest BCUT2D eigenvalue weighted by atomic mass is 9.49. The molecule has 7 rings (SSSR count). The van der Waals surface area contributed by atoms with Crippen LogP contribution in [0.25, 0.3) is 0 Å². The Labute approximate surface area is 181 Å². The molecular formula is C26H35N3O. The normalized spacial score (nSPS) is 36.6. The number of rotatable bonds is 4. The van der Waals surface area contributed by atoms with E-state index in [1.54, 1.807) is 0 Å². The van der Waals surface area contributed by atoms with E-state index in [9.17, 15) is 0 Å². The molecule has 2 aliphatic heterocycles. The Kier molecular flexibility index (Phi) is 4.23. The van der Waals surface area contributed by atoms with Gasteiger partial charge >= 0.3 is 0 Å². The first-order valence-electron chi connectivity index (χ1n) is 12.0. The molecule has 0 amide bonds. The summed E-state index contributed by atoms with van der Waals surface area (Å²) in [6, 6.07) is 4.84. The van der Waals surface area contributed by atoms with Gasteiger partial charge in [0.25, 0.3) is 0 Å². The van der Waals surface area contributed by atoms with E-state index in [4.69, 9.17) is 9.73 Å². The molecule has 4 bridgehead atoms. The third-order valence-electron chi connectivity index (χ3n) is 8.36. The summed E-state index contributed by atoms with van der Waals surface area (Å²) in [4.78, 5) is 9.97. The van der Waals surface area contributed by atoms with Crippen LogP contribution in [0.4, 0.5) is 5.69 Å². The van der Waals surface area contributed by atoms with E-state index in [2.05, 4.69) is 55.1 Å². The van der Waals surface area contributed by atoms with Crippen molar-refractivity contribution in [3.63, 3.8) is 0 Å². The zero-order chi connectivity index (χ0) is 20.5. The Bertz CT molecular complexity index is 859. The summed E-state index contributed by atoms with van der Waals surface area (Å²) in [6.07, 6.45) is 12.9. The van der Waals surface area contributed by atoms with Gasteiger partial charge in [0.2, 0.25) is 0 Å². The zero-order valence-corrected chi connectivity index (χ0v) is 18.7. The SMILES string of the molecule is Cc1cc(C)c(N2C=CN(C[C@@H]3COC(C45CC6CC(CC(C6)C4)C5)=N3)C2)c(C)c1. The van der Waals surface area contributed by atoms with Crippen LogP contribution in [0.5, 0.6) is 0 Å². The van der Waals surface area contributed by atoms with E-state index in [1.165, 1.54) is 60.9 Å². The van der Waals surface area contributed by atoms with Crippen molar-refractivity contribution < 1.29 is 4.74 Å². The Morgan fingerprint density at radius 2 is 1.60 bits per heavy atom. The lowest BCUT2D eigenvalue weighted by Gasteiger charge is -2.56. The highest BCUT2D eigenvalue weighted by atomic mass is 16.5. The fourth-order valence-electron chi connectivity index (χ4n) is 7.80. The van der Waals surface area contributed by atoms with E-state index < -0.39 is 0 Å². The predicted molar refractivity (Wildman–Crippen MR) is 122 cm³/mol. The number of benzene rings is 1. The molecule has 4 heteroatoms. The molecule has 0 aromatic heterocycles. The molecule has 6 aliphatic rings. The summed E-state index contributed by atoms with van der Waals surface area (Å²) in [5.41, 5.74) is 5.69. The molecule has 1 atom stereocenters. The van der Waals surface area contributed by atoms with Crippen LogP contribution in [0, 0.1) is 43.9 Å². The van der Waals surface area contributed by atoms with Gasteiger partial charge in [-0.1, -0.05) is 17.7 Å². The quantitative estimate of drug-likeness (QED) is 0.691. The van der Waals surface area contributed by atoms with Gasteiger partial charge < -0.3 is 14.5 Å². The summed E-state index contributed by atoms with van der Waals surface area (Å²) in [5.74, 6) is 3.96. The average Bonchev–Trinajstić information content (AvgIpc) is 3.30. The summed E-state index contributed by atoms with van der Waals surface area (Å²) in [7, 11) is 0. The summed E-state index contributed by atoms with van der Waals surface area (Å²) in [5, 5.41) is 0. The number of hydrogen-bond donors (Lipinski definition) is 0. The summed E-state index contributed by atoms with van der Waals surface area (Å²) < 4.78 is 6.31. The van der Waals surface area contributed by atoms with E-state index in [0.29, 0.717) is 5.41 Å². The second-order valence-electron chi connectivity index (χ2n) is 11.0. The molecule has 1 aromatic rings. The van der Waals surface area contributed by atoms with Crippen LogP contribution in [-0.2, 0) is 4.74 Å². The van der Waals surface area contributed by atoms with Gasteiger partial charge in [0.15, 0.2) is 5.90 Å². The fraction of sp³-hybridized carbons (Fsp3) is 0.654. The molecule has 4 fully saturated rings. The van der Waals surface area contributed by atoms with Crippen molar-refractivity contribution in [2.45, 2.75) is 65.3 Å². The van der Waals surface area contributed by atoms with E-state index in [1.807, 2.05) is 0 Å². The van der Waals surface area contributed by atoms with Gasteiger partial charge in [-0.15, -0.1) is 0 Å². The first-order chi connectivity index (χ1) is 14.5. The molecule has 0 radical (unpaired) electrons. The van der Waals surface area contributed by atoms with Crippen molar-refractivity contribution in [2.75, 3.05) is 24.7 Å². The Balaban J connectivity index is 1.13. The molecular weight excluding hydrogens is 370 g/mol. The Morgan fingerprint density at radius 1 is 0.967 bits per heavy atom. The second kappa shape index (κ2) is 6.77. The van der Waals surface area contributed by atoms with Gasteiger partial charge in [0.1, 0.15) is 12.6 Å². The molecule has 0 saturated heterocycles. The maximum absolute atomic E-state index is 6.31. The third kappa shape index (κ3) is 3.06. The number of aryl methyl sites for hydroxylation is 3. The Hall–Kier alpha value is -1.97. The molecule has 4 saturated carbocycles. The van der Waals surface area contributed by atoms with Gasteiger partial charge in [0, 0.05) is 30.0 Å². The maximum Gasteiger partial charge on any atom is 0.190 e. The summed E-state index contributed by atoms with van der Waals surface area (Å²) >= 11 is 0. The Morgan fingerprint density at radius 3 is 2.23 bits per heavy atom. The molecule has 4 nitrogen and oxygen atoms in total. The number of aliphatic imine (C=N–C) groups is 1. The molecule has 30 heavy (non-hydrogen) atoms. The van der Waals surface area contributed by atoms with Crippen molar-refractivity contribution in [3.05, 3.63) is 41.2 Å². The van der Waals surface area contributed by atoms with Crippen LogP contribution < -0.4 is 4.90 Å². The highest BCUT2D eigenvalue weighted by Gasteiger charge is 2.55. The van der Waals surface area contributed by atoms with Crippen LogP contribution >= 0.6 is 0 Å². The fourth-order valence-corrected chi connectivity index (χ4v) is 7.80. The van der Waals surface area contributed by atoms with Gasteiger partial charge in [-0.3, -0.25) is 0 Å². The van der Waals surface area contributed by atoms with Crippen molar-refractivity contribution in [1.82, 2.24) is 4.90 Å². The van der Waals surface area contributed by atoms with Crippen molar-refractivity contribution in [3.8, 4) is 0 Å². The lowest BCUT2D eigenvalue weighted by molar-refractivity contribution is -0.0226. The zero-order valence-electron chi connectivity index (χ0n) is 18.7. The lowest BCUT2D eigenvalue weighted by Crippen LogP contribution is -2.50. The minimum atomic E-state index is 0.276. The topological polar surface area (TPSA) is 28.1 Å². The highest BCUT2D eigenvalue weighted by molar-refractivity contribution is 5.84. The molecule has 1 aromatic carbocycles. The minimum Gasteiger partial charge on any atom is -0.478 e. The predicted octanol–water partition coefficient (Wildman–Crippen LogP) is 5.18. The number of anilines is 1. The molecule has 160 valence electrons. The number of ether oxygens (including phenoxy) is 1. The van der Waals surface area contributed by atoms with Gasteiger partial charge in [-0.05, 0) is 88.2 Å². The van der Waals surface area contributed by atoms with Crippen LogP contribution in [0.1, 0.15) is 55.2 Å². The van der Waals surface area contributed by atoms with E-state index in [0.717, 1.165) is 43.5 Å². The van der Waals surface area contributed by atoms with E-state index >= 15 is 0 Å². The van der Waals surface area contributed by atoms with Crippen molar-refractivity contribution in [1.29, 1.82) is 0 Å². The number of hydrogen-bond acceptors (Lipinski definition) is 4.